The fourth-order valence-corrected chi connectivity index (χ4v) is 2.84. The van der Waals surface area contributed by atoms with Gasteiger partial charge in [-0.25, -0.2) is 4.98 Å². The Labute approximate surface area is 126 Å². The Balaban J connectivity index is 1.77. The Bertz CT molecular complexity index is 535. The predicted molar refractivity (Wildman–Crippen MR) is 87.4 cm³/mol. The van der Waals surface area contributed by atoms with E-state index >= 15 is 0 Å². The van der Waals surface area contributed by atoms with E-state index in [1.165, 1.54) is 16.1 Å². The zero-order valence-corrected chi connectivity index (χ0v) is 13.7. The largest absolute Gasteiger partial charge is 0.312 e. The molecule has 0 aliphatic carbocycles. The highest BCUT2D eigenvalue weighted by molar-refractivity contribution is 7.09. The smallest absolute Gasteiger partial charge is 0.0940 e. The van der Waals surface area contributed by atoms with Crippen LogP contribution in [0.5, 0.6) is 0 Å². The van der Waals surface area contributed by atoms with E-state index in [0.717, 1.165) is 25.2 Å². The number of thiazole rings is 1. The number of rotatable bonds is 5. The number of nitrogens with one attached hydrogen (secondary N) is 1. The SMILES string of the molecule is Cc1csc(CCNCc2ccc(C(C)(C)C)cc2)n1. The van der Waals surface area contributed by atoms with Gasteiger partial charge in [0, 0.05) is 30.6 Å². The lowest BCUT2D eigenvalue weighted by molar-refractivity contribution is 0.589. The lowest BCUT2D eigenvalue weighted by atomic mass is 9.87. The van der Waals surface area contributed by atoms with Crippen LogP contribution in [-0.2, 0) is 18.4 Å². The molecule has 0 saturated heterocycles. The van der Waals surface area contributed by atoms with Gasteiger partial charge in [-0.15, -0.1) is 11.3 Å². The maximum absolute atomic E-state index is 4.47. The number of benzene rings is 1. The minimum Gasteiger partial charge on any atom is -0.312 e. The van der Waals surface area contributed by atoms with Crippen molar-refractivity contribution >= 4 is 11.3 Å². The van der Waals surface area contributed by atoms with Gasteiger partial charge >= 0.3 is 0 Å². The second-order valence-corrected chi connectivity index (χ2v) is 7.20. The van der Waals surface area contributed by atoms with Crippen LogP contribution in [-0.4, -0.2) is 11.5 Å². The van der Waals surface area contributed by atoms with E-state index < -0.39 is 0 Å². The molecule has 0 bridgehead atoms. The monoisotopic (exact) mass is 288 g/mol. The molecule has 0 fully saturated rings. The van der Waals surface area contributed by atoms with Gasteiger partial charge in [0.15, 0.2) is 0 Å². The summed E-state index contributed by atoms with van der Waals surface area (Å²) in [5.74, 6) is 0. The van der Waals surface area contributed by atoms with Gasteiger partial charge in [-0.3, -0.25) is 0 Å². The Morgan fingerprint density at radius 1 is 1.15 bits per heavy atom. The normalized spacial score (nSPS) is 11.8. The van der Waals surface area contributed by atoms with Crippen molar-refractivity contribution in [2.45, 2.75) is 46.1 Å². The molecule has 0 saturated carbocycles. The minimum absolute atomic E-state index is 0.231. The lowest BCUT2D eigenvalue weighted by Crippen LogP contribution is -2.17. The Morgan fingerprint density at radius 3 is 2.40 bits per heavy atom. The van der Waals surface area contributed by atoms with Crippen molar-refractivity contribution in [3.8, 4) is 0 Å². The molecule has 0 radical (unpaired) electrons. The van der Waals surface area contributed by atoms with Crippen molar-refractivity contribution in [3.05, 3.63) is 51.5 Å². The van der Waals surface area contributed by atoms with Crippen molar-refractivity contribution in [2.75, 3.05) is 6.54 Å². The van der Waals surface area contributed by atoms with E-state index in [4.69, 9.17) is 0 Å². The minimum atomic E-state index is 0.231. The van der Waals surface area contributed by atoms with Crippen molar-refractivity contribution in [1.29, 1.82) is 0 Å². The molecule has 0 spiro atoms. The molecule has 1 aromatic carbocycles. The van der Waals surface area contributed by atoms with E-state index in [-0.39, 0.29) is 5.41 Å². The van der Waals surface area contributed by atoms with Crippen LogP contribution in [0.1, 0.15) is 42.6 Å². The molecule has 0 aliphatic heterocycles. The summed E-state index contributed by atoms with van der Waals surface area (Å²) in [6, 6.07) is 8.92. The summed E-state index contributed by atoms with van der Waals surface area (Å²) < 4.78 is 0. The number of hydrogen-bond donors (Lipinski definition) is 1. The molecule has 0 aliphatic rings. The molecule has 0 atom stereocenters. The predicted octanol–water partition coefficient (Wildman–Crippen LogP) is 4.08. The average molecular weight is 288 g/mol. The molecule has 0 unspecified atom stereocenters. The molecular weight excluding hydrogens is 264 g/mol. The number of nitrogens with zero attached hydrogens (tertiary/aromatic N) is 1. The number of aryl methyl sites for hydroxylation is 1. The molecule has 3 heteroatoms. The summed E-state index contributed by atoms with van der Waals surface area (Å²) >= 11 is 1.75. The first kappa shape index (κ1) is 15.2. The van der Waals surface area contributed by atoms with Crippen LogP contribution >= 0.6 is 11.3 Å². The fourth-order valence-electron chi connectivity index (χ4n) is 2.07. The third-order valence-corrected chi connectivity index (χ3v) is 4.36. The molecule has 2 rings (SSSR count). The van der Waals surface area contributed by atoms with Crippen LogP contribution in [0.2, 0.25) is 0 Å². The van der Waals surface area contributed by atoms with Crippen molar-refractivity contribution in [2.24, 2.45) is 0 Å². The van der Waals surface area contributed by atoms with Gasteiger partial charge in [-0.2, -0.15) is 0 Å². The quantitative estimate of drug-likeness (QED) is 0.839. The van der Waals surface area contributed by atoms with Gasteiger partial charge in [0.1, 0.15) is 0 Å². The van der Waals surface area contributed by atoms with Crippen LogP contribution in [0.4, 0.5) is 0 Å². The first-order valence-electron chi connectivity index (χ1n) is 7.16. The van der Waals surface area contributed by atoms with Crippen LogP contribution in [0.15, 0.2) is 29.6 Å². The van der Waals surface area contributed by atoms with E-state index in [1.807, 2.05) is 6.92 Å². The van der Waals surface area contributed by atoms with Crippen molar-refractivity contribution in [3.63, 3.8) is 0 Å². The molecule has 2 nitrogen and oxygen atoms in total. The molecule has 108 valence electrons. The third-order valence-electron chi connectivity index (χ3n) is 3.33. The van der Waals surface area contributed by atoms with E-state index in [0.29, 0.717) is 0 Å². The Kier molecular flexibility index (Phi) is 4.95. The van der Waals surface area contributed by atoms with Crippen molar-refractivity contribution in [1.82, 2.24) is 10.3 Å². The summed E-state index contributed by atoms with van der Waals surface area (Å²) in [7, 11) is 0. The number of aromatic nitrogens is 1. The topological polar surface area (TPSA) is 24.9 Å². The molecule has 1 aromatic heterocycles. The zero-order valence-electron chi connectivity index (χ0n) is 12.9. The first-order valence-corrected chi connectivity index (χ1v) is 8.04. The van der Waals surface area contributed by atoms with Gasteiger partial charge in [0.2, 0.25) is 0 Å². The maximum Gasteiger partial charge on any atom is 0.0940 e. The second kappa shape index (κ2) is 6.51. The molecule has 20 heavy (non-hydrogen) atoms. The summed E-state index contributed by atoms with van der Waals surface area (Å²) in [5, 5.41) is 6.82. The van der Waals surface area contributed by atoms with E-state index in [9.17, 15) is 0 Å². The lowest BCUT2D eigenvalue weighted by Gasteiger charge is -2.19. The van der Waals surface area contributed by atoms with Crippen LogP contribution in [0.25, 0.3) is 0 Å². The van der Waals surface area contributed by atoms with Gasteiger partial charge < -0.3 is 5.32 Å². The molecule has 2 aromatic rings. The van der Waals surface area contributed by atoms with Crippen LogP contribution < -0.4 is 5.32 Å². The van der Waals surface area contributed by atoms with Gasteiger partial charge in [0.25, 0.3) is 0 Å². The number of hydrogen-bond acceptors (Lipinski definition) is 3. The van der Waals surface area contributed by atoms with Crippen molar-refractivity contribution < 1.29 is 0 Å². The highest BCUT2D eigenvalue weighted by Gasteiger charge is 2.12. The zero-order chi connectivity index (χ0) is 14.6. The van der Waals surface area contributed by atoms with Gasteiger partial charge in [0.05, 0.1) is 5.01 Å². The molecular formula is C17H24N2S. The maximum atomic E-state index is 4.47. The summed E-state index contributed by atoms with van der Waals surface area (Å²) in [6.07, 6.45) is 1.01. The highest BCUT2D eigenvalue weighted by Crippen LogP contribution is 2.22. The second-order valence-electron chi connectivity index (χ2n) is 6.26. The van der Waals surface area contributed by atoms with Crippen LogP contribution in [0.3, 0.4) is 0 Å². The summed E-state index contributed by atoms with van der Waals surface area (Å²) in [4.78, 5) is 4.47. The van der Waals surface area contributed by atoms with Gasteiger partial charge in [-0.1, -0.05) is 45.0 Å². The first-order chi connectivity index (χ1) is 9.45. The Hall–Kier alpha value is -1.19. The summed E-state index contributed by atoms with van der Waals surface area (Å²) in [6.45, 7) is 10.7. The van der Waals surface area contributed by atoms with Crippen LogP contribution in [0, 0.1) is 6.92 Å². The molecule has 0 amide bonds. The van der Waals surface area contributed by atoms with E-state index in [1.54, 1.807) is 11.3 Å². The standard InChI is InChI=1S/C17H24N2S/c1-13-12-20-16(19-13)9-10-18-11-14-5-7-15(8-6-14)17(2,3)4/h5-8,12,18H,9-11H2,1-4H3. The Morgan fingerprint density at radius 2 is 1.85 bits per heavy atom. The molecule has 1 N–H and O–H groups in total. The third kappa shape index (κ3) is 4.43. The fraction of sp³-hybridized carbons (Fsp3) is 0.471. The average Bonchev–Trinajstić information content (AvgIpc) is 2.80. The van der Waals surface area contributed by atoms with E-state index in [2.05, 4.69) is 60.7 Å². The highest BCUT2D eigenvalue weighted by atomic mass is 32.1. The van der Waals surface area contributed by atoms with Gasteiger partial charge in [-0.05, 0) is 23.5 Å². The molecule has 1 heterocycles. The summed E-state index contributed by atoms with van der Waals surface area (Å²) in [5.41, 5.74) is 4.09.